The van der Waals surface area contributed by atoms with Crippen molar-refractivity contribution in [3.05, 3.63) is 55.4 Å². The lowest BCUT2D eigenvalue weighted by molar-refractivity contribution is -0.119. The minimum Gasteiger partial charge on any atom is -0.451 e. The number of ether oxygens (including phenoxy) is 1. The smallest absolute Gasteiger partial charge is 0.349 e. The summed E-state index contributed by atoms with van der Waals surface area (Å²) < 4.78 is 5.10. The number of carbonyl (C=O) groups is 2. The number of carbonyl (C=O) groups excluding carboxylic acids is 2. The minimum atomic E-state index is -0.675. The first kappa shape index (κ1) is 19.1. The predicted octanol–water partition coefficient (Wildman–Crippen LogP) is 3.36. The predicted molar refractivity (Wildman–Crippen MR) is 105 cm³/mol. The Hall–Kier alpha value is -2.71. The highest BCUT2D eigenvalue weighted by molar-refractivity contribution is 7.20. The van der Waals surface area contributed by atoms with Gasteiger partial charge in [0, 0.05) is 10.7 Å². The fourth-order valence-corrected chi connectivity index (χ4v) is 3.85. The summed E-state index contributed by atoms with van der Waals surface area (Å²) in [6.45, 7) is 4.68. The van der Waals surface area contributed by atoms with E-state index in [0.29, 0.717) is 32.3 Å². The van der Waals surface area contributed by atoms with E-state index in [2.05, 4.69) is 15.3 Å². The van der Waals surface area contributed by atoms with Crippen LogP contribution >= 0.6 is 22.9 Å². The molecule has 0 radical (unpaired) electrons. The zero-order chi connectivity index (χ0) is 19.7. The van der Waals surface area contributed by atoms with Crippen molar-refractivity contribution in [2.45, 2.75) is 20.8 Å². The molecule has 1 amide bonds. The second-order valence-electron chi connectivity index (χ2n) is 5.97. The molecule has 2 N–H and O–H groups in total. The van der Waals surface area contributed by atoms with Crippen molar-refractivity contribution in [2.75, 3.05) is 11.9 Å². The highest BCUT2D eigenvalue weighted by Gasteiger charge is 2.21. The van der Waals surface area contributed by atoms with E-state index >= 15 is 0 Å². The summed E-state index contributed by atoms with van der Waals surface area (Å²) >= 11 is 6.98. The SMILES string of the molecule is Cc1nc2sc(C(=O)OCC(=O)Nc3cc(Cl)ccc3C)c(C)c2c(=O)[nH]1. The number of halogens is 1. The third-order valence-electron chi connectivity index (χ3n) is 3.91. The third kappa shape index (κ3) is 4.01. The molecule has 7 nitrogen and oxygen atoms in total. The number of benzene rings is 1. The lowest BCUT2D eigenvalue weighted by Gasteiger charge is -2.09. The topological polar surface area (TPSA) is 101 Å². The van der Waals surface area contributed by atoms with Crippen molar-refractivity contribution in [3.8, 4) is 0 Å². The van der Waals surface area contributed by atoms with Gasteiger partial charge < -0.3 is 15.0 Å². The molecule has 140 valence electrons. The van der Waals surface area contributed by atoms with Gasteiger partial charge in [-0.25, -0.2) is 9.78 Å². The van der Waals surface area contributed by atoms with E-state index in [-0.39, 0.29) is 10.4 Å². The van der Waals surface area contributed by atoms with Gasteiger partial charge in [0.15, 0.2) is 6.61 Å². The standard InChI is InChI=1S/C18H16ClN3O4S/c1-8-4-5-11(19)6-12(8)22-13(23)7-26-18(25)15-9(2)14-16(24)20-10(3)21-17(14)27-15/h4-6H,7H2,1-3H3,(H,22,23)(H,20,21,24). The number of H-pyrrole nitrogens is 1. The third-order valence-corrected chi connectivity index (χ3v) is 5.31. The first-order valence-electron chi connectivity index (χ1n) is 7.99. The van der Waals surface area contributed by atoms with E-state index < -0.39 is 18.5 Å². The Morgan fingerprint density at radius 3 is 2.78 bits per heavy atom. The van der Waals surface area contributed by atoms with Crippen LogP contribution in [0.25, 0.3) is 10.2 Å². The Morgan fingerprint density at radius 1 is 1.30 bits per heavy atom. The van der Waals surface area contributed by atoms with E-state index in [4.69, 9.17) is 16.3 Å². The Kier molecular flexibility index (Phi) is 5.29. The van der Waals surface area contributed by atoms with Crippen molar-refractivity contribution in [2.24, 2.45) is 0 Å². The molecule has 0 aliphatic heterocycles. The molecule has 2 aromatic heterocycles. The van der Waals surface area contributed by atoms with Crippen molar-refractivity contribution >= 4 is 50.7 Å². The van der Waals surface area contributed by atoms with Crippen LogP contribution in [0.5, 0.6) is 0 Å². The normalized spacial score (nSPS) is 10.8. The van der Waals surface area contributed by atoms with Gasteiger partial charge >= 0.3 is 5.97 Å². The molecule has 3 aromatic rings. The van der Waals surface area contributed by atoms with Crippen molar-refractivity contribution < 1.29 is 14.3 Å². The van der Waals surface area contributed by atoms with Crippen molar-refractivity contribution in [3.63, 3.8) is 0 Å². The van der Waals surface area contributed by atoms with Crippen molar-refractivity contribution in [1.82, 2.24) is 9.97 Å². The Morgan fingerprint density at radius 2 is 2.04 bits per heavy atom. The fourth-order valence-electron chi connectivity index (χ4n) is 2.56. The zero-order valence-electron chi connectivity index (χ0n) is 14.8. The molecule has 0 bridgehead atoms. The number of rotatable bonds is 4. The quantitative estimate of drug-likeness (QED) is 0.648. The van der Waals surface area contributed by atoms with Crippen molar-refractivity contribution in [1.29, 1.82) is 0 Å². The van der Waals surface area contributed by atoms with E-state index in [1.54, 1.807) is 32.0 Å². The molecule has 27 heavy (non-hydrogen) atoms. The first-order valence-corrected chi connectivity index (χ1v) is 9.19. The molecule has 0 spiro atoms. The molecular weight excluding hydrogens is 390 g/mol. The van der Waals surface area contributed by atoms with Gasteiger partial charge in [0.2, 0.25) is 0 Å². The second kappa shape index (κ2) is 7.50. The number of esters is 1. The van der Waals surface area contributed by atoms with Gasteiger partial charge in [-0.15, -0.1) is 11.3 Å². The molecule has 2 heterocycles. The number of thiophene rings is 1. The summed E-state index contributed by atoms with van der Waals surface area (Å²) in [5.74, 6) is -0.699. The Balaban J connectivity index is 1.72. The largest absolute Gasteiger partial charge is 0.451 e. The number of fused-ring (bicyclic) bond motifs is 1. The van der Waals surface area contributed by atoms with Crippen LogP contribution in [-0.4, -0.2) is 28.5 Å². The molecule has 0 saturated carbocycles. The molecule has 0 atom stereocenters. The zero-order valence-corrected chi connectivity index (χ0v) is 16.4. The number of aryl methyl sites for hydroxylation is 3. The molecule has 9 heteroatoms. The van der Waals surface area contributed by atoms with E-state index in [0.717, 1.165) is 16.9 Å². The Bertz CT molecular complexity index is 1120. The number of aromatic amines is 1. The van der Waals surface area contributed by atoms with Crippen LogP contribution in [0.3, 0.4) is 0 Å². The average Bonchev–Trinajstić information content (AvgIpc) is 2.92. The van der Waals surface area contributed by atoms with Crippen LogP contribution in [0.4, 0.5) is 5.69 Å². The molecule has 0 unspecified atom stereocenters. The summed E-state index contributed by atoms with van der Waals surface area (Å²) in [5, 5.41) is 3.50. The van der Waals surface area contributed by atoms with Crippen LogP contribution in [0, 0.1) is 20.8 Å². The van der Waals surface area contributed by atoms with Gasteiger partial charge in [-0.1, -0.05) is 17.7 Å². The molecule has 3 rings (SSSR count). The van der Waals surface area contributed by atoms with E-state index in [9.17, 15) is 14.4 Å². The van der Waals surface area contributed by atoms with Gasteiger partial charge in [-0.2, -0.15) is 0 Å². The van der Waals surface area contributed by atoms with Crippen LogP contribution in [0.2, 0.25) is 5.02 Å². The minimum absolute atomic E-state index is 0.250. The summed E-state index contributed by atoms with van der Waals surface area (Å²) in [4.78, 5) is 44.0. The number of hydrogen-bond acceptors (Lipinski definition) is 6. The fraction of sp³-hybridized carbons (Fsp3) is 0.222. The van der Waals surface area contributed by atoms with Gasteiger partial charge in [0.25, 0.3) is 11.5 Å². The van der Waals surface area contributed by atoms with Crippen LogP contribution < -0.4 is 10.9 Å². The van der Waals surface area contributed by atoms with Crippen LogP contribution in [0.1, 0.15) is 26.6 Å². The number of nitrogens with one attached hydrogen (secondary N) is 2. The summed E-state index contributed by atoms with van der Waals surface area (Å²) in [6, 6.07) is 5.11. The van der Waals surface area contributed by atoms with Gasteiger partial charge in [-0.05, 0) is 44.0 Å². The monoisotopic (exact) mass is 405 g/mol. The maximum atomic E-state index is 12.4. The van der Waals surface area contributed by atoms with Crippen LogP contribution in [-0.2, 0) is 9.53 Å². The maximum Gasteiger partial charge on any atom is 0.349 e. The molecule has 0 saturated heterocycles. The van der Waals surface area contributed by atoms with E-state index in [1.807, 2.05) is 6.92 Å². The molecule has 0 fully saturated rings. The lowest BCUT2D eigenvalue weighted by Crippen LogP contribution is -2.21. The highest BCUT2D eigenvalue weighted by atomic mass is 35.5. The average molecular weight is 406 g/mol. The summed E-state index contributed by atoms with van der Waals surface area (Å²) in [7, 11) is 0. The number of amides is 1. The highest BCUT2D eigenvalue weighted by Crippen LogP contribution is 2.27. The van der Waals surface area contributed by atoms with Crippen LogP contribution in [0.15, 0.2) is 23.0 Å². The maximum absolute atomic E-state index is 12.4. The Labute approximate surface area is 163 Å². The molecule has 0 aliphatic rings. The summed E-state index contributed by atoms with van der Waals surface area (Å²) in [5.41, 5.74) is 1.56. The first-order chi connectivity index (χ1) is 12.8. The molecular formula is C18H16ClN3O4S. The number of nitrogens with zero attached hydrogens (tertiary/aromatic N) is 1. The van der Waals surface area contributed by atoms with Gasteiger partial charge in [0.05, 0.1) is 5.39 Å². The number of anilines is 1. The number of hydrogen-bond donors (Lipinski definition) is 2. The molecule has 1 aromatic carbocycles. The molecule has 0 aliphatic carbocycles. The number of aromatic nitrogens is 2. The lowest BCUT2D eigenvalue weighted by atomic mass is 10.2. The van der Waals surface area contributed by atoms with Gasteiger partial charge in [0.1, 0.15) is 15.5 Å². The van der Waals surface area contributed by atoms with Gasteiger partial charge in [-0.3, -0.25) is 9.59 Å². The van der Waals surface area contributed by atoms with E-state index in [1.165, 1.54) is 0 Å². The summed E-state index contributed by atoms with van der Waals surface area (Å²) in [6.07, 6.45) is 0. The second-order valence-corrected chi connectivity index (χ2v) is 7.41.